The van der Waals surface area contributed by atoms with Crippen molar-refractivity contribution in [2.75, 3.05) is 0 Å². The second-order valence-electron chi connectivity index (χ2n) is 3.02. The fourth-order valence-corrected chi connectivity index (χ4v) is 3.56. The van der Waals surface area contributed by atoms with Crippen molar-refractivity contribution in [3.63, 3.8) is 0 Å². The van der Waals surface area contributed by atoms with E-state index in [1.165, 1.54) is 13.8 Å². The molecular weight excluding hydrogens is 175 g/mol. The molecule has 2 heteroatoms. The topological polar surface area (TPSA) is 0 Å². The molecule has 1 atom stereocenters. The van der Waals surface area contributed by atoms with Crippen LogP contribution in [-0.4, -0.2) is 8.75 Å². The molecule has 0 aromatic carbocycles. The summed E-state index contributed by atoms with van der Waals surface area (Å²) in [4.78, 5) is 0. The van der Waals surface area contributed by atoms with Gasteiger partial charge in [0.1, 0.15) is 0 Å². The van der Waals surface area contributed by atoms with E-state index in [1.807, 2.05) is 0 Å². The van der Waals surface area contributed by atoms with E-state index in [1.54, 1.807) is 10.9 Å². The van der Waals surface area contributed by atoms with Crippen molar-refractivity contribution in [1.82, 2.24) is 0 Å². The minimum absolute atomic E-state index is 0.411. The van der Waals surface area contributed by atoms with Gasteiger partial charge in [-0.15, -0.1) is 0 Å². The first kappa shape index (κ1) is 8.72. The van der Waals surface area contributed by atoms with E-state index in [9.17, 15) is 0 Å². The summed E-state index contributed by atoms with van der Waals surface area (Å²) in [5, 5.41) is 1.54. The molecule has 1 aliphatic heterocycles. The Morgan fingerprint density at radius 1 is 1.30 bits per heavy atom. The third-order valence-corrected chi connectivity index (χ3v) is 4.79. The molecule has 10 heavy (non-hydrogen) atoms. The molecule has 1 aliphatic rings. The molecule has 1 heterocycles. The third-order valence-electron chi connectivity index (χ3n) is 2.23. The molecule has 0 nitrogen and oxygen atoms in total. The number of allylic oxidation sites excluding steroid dienone is 2. The van der Waals surface area contributed by atoms with Gasteiger partial charge in [-0.2, -0.15) is 0 Å². The first-order chi connectivity index (χ1) is 4.45. The van der Waals surface area contributed by atoms with Crippen LogP contribution in [0, 0.1) is 0 Å². The normalized spacial score (nSPS) is 34.5. The van der Waals surface area contributed by atoms with Gasteiger partial charge in [0.2, 0.25) is 0 Å². The zero-order chi connectivity index (χ0) is 7.94. The standard InChI is InChI=1S/C8H12P.Ti/c1-5-6(2)8(4)9-7(5)3;/h1-4H3;. The van der Waals surface area contributed by atoms with Gasteiger partial charge in [-0.1, -0.05) is 0 Å². The third kappa shape index (κ3) is 1.30. The van der Waals surface area contributed by atoms with Crippen LogP contribution < -0.4 is 0 Å². The average molecular weight is 187 g/mol. The van der Waals surface area contributed by atoms with E-state index in [4.69, 9.17) is 0 Å². The molecular formula is C8H12PTi. The predicted molar refractivity (Wildman–Crippen MR) is 44.4 cm³/mol. The average Bonchev–Trinajstić information content (AvgIpc) is 1.95. The Morgan fingerprint density at radius 3 is 1.90 bits per heavy atom. The Labute approximate surface area is 76.3 Å². The molecule has 1 rings (SSSR count). The summed E-state index contributed by atoms with van der Waals surface area (Å²) >= 11 is 2.31. The number of hydrogen-bond acceptors (Lipinski definition) is 0. The van der Waals surface area contributed by atoms with Gasteiger partial charge in [0, 0.05) is 0 Å². The number of rotatable bonds is 0. The summed E-state index contributed by atoms with van der Waals surface area (Å²) in [7, 11) is 1.50. The van der Waals surface area contributed by atoms with Crippen molar-refractivity contribution in [3.05, 3.63) is 11.1 Å². The quantitative estimate of drug-likeness (QED) is 0.404. The SMILES string of the molecule is CC1=P[C](C)([Ti])C(C)=C1C. The van der Waals surface area contributed by atoms with Gasteiger partial charge >= 0.3 is 76.2 Å². The van der Waals surface area contributed by atoms with E-state index < -0.39 is 0 Å². The van der Waals surface area contributed by atoms with Crippen molar-refractivity contribution in [2.45, 2.75) is 31.2 Å². The molecule has 0 spiro atoms. The van der Waals surface area contributed by atoms with Gasteiger partial charge in [-0.25, -0.2) is 0 Å². The van der Waals surface area contributed by atoms with Gasteiger partial charge in [-0.3, -0.25) is 0 Å². The van der Waals surface area contributed by atoms with Crippen LogP contribution in [0.25, 0.3) is 0 Å². The molecule has 0 saturated heterocycles. The molecule has 0 aromatic heterocycles. The molecule has 1 unspecified atom stereocenters. The van der Waals surface area contributed by atoms with Gasteiger partial charge in [0.15, 0.2) is 0 Å². The van der Waals surface area contributed by atoms with Gasteiger partial charge in [0.25, 0.3) is 0 Å². The zero-order valence-corrected chi connectivity index (χ0v) is 9.40. The maximum absolute atomic E-state index is 2.31. The van der Waals surface area contributed by atoms with Crippen molar-refractivity contribution >= 4 is 13.5 Å². The predicted octanol–water partition coefficient (Wildman–Crippen LogP) is 2.74. The van der Waals surface area contributed by atoms with Crippen molar-refractivity contribution in [2.24, 2.45) is 0 Å². The number of hydrogen-bond donors (Lipinski definition) is 0. The van der Waals surface area contributed by atoms with Crippen molar-refractivity contribution in [1.29, 1.82) is 0 Å². The van der Waals surface area contributed by atoms with E-state index in [-0.39, 0.29) is 0 Å². The van der Waals surface area contributed by atoms with Crippen LogP contribution in [0.1, 0.15) is 27.7 Å². The summed E-state index contributed by atoms with van der Waals surface area (Å²) in [6, 6.07) is 0. The van der Waals surface area contributed by atoms with Gasteiger partial charge in [-0.05, 0) is 0 Å². The first-order valence-electron chi connectivity index (χ1n) is 3.45. The molecule has 0 fully saturated rings. The summed E-state index contributed by atoms with van der Waals surface area (Å²) in [6.45, 7) is 9.02. The van der Waals surface area contributed by atoms with Crippen LogP contribution in [-0.2, 0) is 20.4 Å². The zero-order valence-electron chi connectivity index (χ0n) is 6.95. The second-order valence-corrected chi connectivity index (χ2v) is 7.03. The molecule has 0 aromatic rings. The molecule has 0 N–H and O–H groups in total. The van der Waals surface area contributed by atoms with E-state index in [0.717, 1.165) is 0 Å². The van der Waals surface area contributed by atoms with E-state index in [2.05, 4.69) is 48.1 Å². The summed E-state index contributed by atoms with van der Waals surface area (Å²) in [5.41, 5.74) is 3.08. The van der Waals surface area contributed by atoms with Crippen LogP contribution in [0.5, 0.6) is 0 Å². The maximum atomic E-state index is 2.31. The Kier molecular flexibility index (Phi) is 2.26. The summed E-state index contributed by atoms with van der Waals surface area (Å²) in [6.07, 6.45) is 0. The Morgan fingerprint density at radius 2 is 1.80 bits per heavy atom. The van der Waals surface area contributed by atoms with Crippen LogP contribution in [0.2, 0.25) is 0 Å². The van der Waals surface area contributed by atoms with Crippen LogP contribution in [0.15, 0.2) is 11.1 Å². The van der Waals surface area contributed by atoms with Gasteiger partial charge in [0.05, 0.1) is 0 Å². The minimum atomic E-state index is 0.411. The fourth-order valence-electron chi connectivity index (χ4n) is 1.14. The summed E-state index contributed by atoms with van der Waals surface area (Å²) < 4.78 is 0.411. The van der Waals surface area contributed by atoms with Crippen molar-refractivity contribution in [3.8, 4) is 0 Å². The molecule has 0 bridgehead atoms. The fraction of sp³-hybridized carbons (Fsp3) is 0.625. The summed E-state index contributed by atoms with van der Waals surface area (Å²) in [5.74, 6) is 0. The Balaban J connectivity index is 3.12. The monoisotopic (exact) mass is 187 g/mol. The first-order valence-corrected chi connectivity index (χ1v) is 5.12. The molecule has 0 radical (unpaired) electrons. The van der Waals surface area contributed by atoms with E-state index >= 15 is 0 Å². The molecule has 0 aliphatic carbocycles. The molecule has 0 saturated carbocycles. The second kappa shape index (κ2) is 2.59. The van der Waals surface area contributed by atoms with Crippen LogP contribution in [0.4, 0.5) is 0 Å². The molecule has 53 valence electrons. The Hall–Kier alpha value is 0.624. The molecule has 0 amide bonds. The van der Waals surface area contributed by atoms with Crippen LogP contribution >= 0.6 is 8.20 Å². The van der Waals surface area contributed by atoms with Gasteiger partial charge < -0.3 is 0 Å². The van der Waals surface area contributed by atoms with Crippen LogP contribution in [0.3, 0.4) is 0 Å². The Bertz CT molecular complexity index is 223. The van der Waals surface area contributed by atoms with Crippen molar-refractivity contribution < 1.29 is 20.4 Å². The van der Waals surface area contributed by atoms with E-state index in [0.29, 0.717) is 3.46 Å².